The average Bonchev–Trinajstić information content (AvgIpc) is 2.01. The van der Waals surface area contributed by atoms with Crippen LogP contribution in [0.25, 0.3) is 0 Å². The third kappa shape index (κ3) is 2.12. The number of nitrogen functional groups attached to an aromatic ring is 1. The lowest BCUT2D eigenvalue weighted by molar-refractivity contribution is -0.384. The van der Waals surface area contributed by atoms with Crippen LogP contribution < -0.4 is 10.4 Å². The molecule has 0 saturated carbocycles. The fourth-order valence-corrected chi connectivity index (χ4v) is 0.943. The molecule has 0 atom stereocenters. The van der Waals surface area contributed by atoms with Gasteiger partial charge in [0, 0.05) is 0 Å². The van der Waals surface area contributed by atoms with Crippen molar-refractivity contribution in [3.63, 3.8) is 0 Å². The maximum atomic E-state index is 10.5. The van der Waals surface area contributed by atoms with Crippen LogP contribution in [0.2, 0.25) is 0 Å². The molecule has 1 aromatic carbocycles. The zero-order chi connectivity index (χ0) is 10.7. The smallest absolute Gasteiger partial charge is 0.507 e. The zero-order valence-corrected chi connectivity index (χ0v) is 6.95. The molecule has 0 amide bonds. The summed E-state index contributed by atoms with van der Waals surface area (Å²) in [7, 11) is -2.12. The van der Waals surface area contributed by atoms with Gasteiger partial charge in [0.25, 0.3) is 0 Å². The SMILES string of the molecule is Nc1cccc(OB(O)O)c1[N+](=O)[O-]. The van der Waals surface area contributed by atoms with Gasteiger partial charge in [-0.05, 0) is 12.1 Å². The van der Waals surface area contributed by atoms with Crippen LogP contribution in [0.15, 0.2) is 18.2 Å². The van der Waals surface area contributed by atoms with Gasteiger partial charge in [0.2, 0.25) is 0 Å². The van der Waals surface area contributed by atoms with E-state index in [-0.39, 0.29) is 11.4 Å². The molecular formula is C6H7BN2O5. The first-order valence-electron chi connectivity index (χ1n) is 3.58. The minimum Gasteiger partial charge on any atom is -0.507 e. The summed E-state index contributed by atoms with van der Waals surface area (Å²) in [5.41, 5.74) is 4.72. The Hall–Kier alpha value is -1.80. The molecule has 0 heterocycles. The number of anilines is 1. The summed E-state index contributed by atoms with van der Waals surface area (Å²) in [6.07, 6.45) is 0. The van der Waals surface area contributed by atoms with Crippen molar-refractivity contribution >= 4 is 18.7 Å². The molecule has 74 valence electrons. The van der Waals surface area contributed by atoms with Crippen molar-refractivity contribution in [2.75, 3.05) is 5.73 Å². The highest BCUT2D eigenvalue weighted by Crippen LogP contribution is 2.32. The number of hydrogen-bond donors (Lipinski definition) is 3. The lowest BCUT2D eigenvalue weighted by Gasteiger charge is -2.06. The van der Waals surface area contributed by atoms with Gasteiger partial charge >= 0.3 is 13.0 Å². The monoisotopic (exact) mass is 198 g/mol. The predicted molar refractivity (Wildman–Crippen MR) is 48.3 cm³/mol. The van der Waals surface area contributed by atoms with E-state index in [9.17, 15) is 10.1 Å². The molecule has 0 saturated heterocycles. The van der Waals surface area contributed by atoms with Crippen LogP contribution >= 0.6 is 0 Å². The van der Waals surface area contributed by atoms with Crippen molar-refractivity contribution in [1.82, 2.24) is 0 Å². The first-order valence-corrected chi connectivity index (χ1v) is 3.58. The third-order valence-electron chi connectivity index (χ3n) is 1.45. The van der Waals surface area contributed by atoms with Crippen molar-refractivity contribution in [1.29, 1.82) is 0 Å². The Morgan fingerprint density at radius 3 is 2.64 bits per heavy atom. The van der Waals surface area contributed by atoms with E-state index in [1.54, 1.807) is 0 Å². The van der Waals surface area contributed by atoms with E-state index in [0.29, 0.717) is 0 Å². The zero-order valence-electron chi connectivity index (χ0n) is 6.95. The van der Waals surface area contributed by atoms with Crippen molar-refractivity contribution in [3.8, 4) is 5.75 Å². The second-order valence-corrected chi connectivity index (χ2v) is 2.40. The van der Waals surface area contributed by atoms with Crippen molar-refractivity contribution in [2.45, 2.75) is 0 Å². The van der Waals surface area contributed by atoms with Gasteiger partial charge in [-0.25, -0.2) is 0 Å². The summed E-state index contributed by atoms with van der Waals surface area (Å²) in [5.74, 6) is -0.287. The van der Waals surface area contributed by atoms with Crippen LogP contribution in [0, 0.1) is 10.1 Å². The number of para-hydroxylation sites is 1. The maximum absolute atomic E-state index is 10.5. The summed E-state index contributed by atoms with van der Waals surface area (Å²) in [6, 6.07) is 3.93. The van der Waals surface area contributed by atoms with E-state index >= 15 is 0 Å². The summed E-state index contributed by atoms with van der Waals surface area (Å²) in [6.45, 7) is 0. The average molecular weight is 198 g/mol. The van der Waals surface area contributed by atoms with Crippen molar-refractivity contribution in [2.24, 2.45) is 0 Å². The molecule has 0 aromatic heterocycles. The molecule has 1 rings (SSSR count). The van der Waals surface area contributed by atoms with Crippen LogP contribution in [0.1, 0.15) is 0 Å². The highest BCUT2D eigenvalue weighted by atomic mass is 16.6. The second kappa shape index (κ2) is 3.94. The molecule has 0 fully saturated rings. The second-order valence-electron chi connectivity index (χ2n) is 2.40. The molecule has 1 aromatic rings. The Morgan fingerprint density at radius 1 is 1.50 bits per heavy atom. The van der Waals surface area contributed by atoms with Gasteiger partial charge in [-0.2, -0.15) is 0 Å². The van der Waals surface area contributed by atoms with E-state index in [1.165, 1.54) is 18.2 Å². The molecule has 0 radical (unpaired) electrons. The van der Waals surface area contributed by atoms with Crippen LogP contribution in [0.5, 0.6) is 5.75 Å². The Morgan fingerprint density at radius 2 is 2.14 bits per heavy atom. The van der Waals surface area contributed by atoms with Gasteiger partial charge in [0.05, 0.1) is 4.92 Å². The molecule has 0 bridgehead atoms. The number of nitrogens with zero attached hydrogens (tertiary/aromatic N) is 1. The highest BCUT2D eigenvalue weighted by Gasteiger charge is 2.23. The van der Waals surface area contributed by atoms with Gasteiger partial charge in [-0.1, -0.05) is 6.07 Å². The lowest BCUT2D eigenvalue weighted by Crippen LogP contribution is -2.21. The third-order valence-corrected chi connectivity index (χ3v) is 1.45. The van der Waals surface area contributed by atoms with E-state index in [2.05, 4.69) is 4.65 Å². The number of benzene rings is 1. The van der Waals surface area contributed by atoms with Gasteiger partial charge in [0.1, 0.15) is 5.69 Å². The normalized spacial score (nSPS) is 9.57. The van der Waals surface area contributed by atoms with Crippen LogP contribution in [0.3, 0.4) is 0 Å². The minimum absolute atomic E-state index is 0.104. The molecule has 8 heteroatoms. The molecule has 0 aliphatic carbocycles. The topological polar surface area (TPSA) is 119 Å². The molecular weight excluding hydrogens is 191 g/mol. The lowest BCUT2D eigenvalue weighted by atomic mass is 10.2. The van der Waals surface area contributed by atoms with Gasteiger partial charge in [0.15, 0.2) is 5.75 Å². The van der Waals surface area contributed by atoms with Gasteiger partial charge < -0.3 is 20.4 Å². The Labute approximate surface area is 79.1 Å². The number of nitrogens with two attached hydrogens (primary N) is 1. The van der Waals surface area contributed by atoms with Gasteiger partial charge in [-0.3, -0.25) is 10.1 Å². The fraction of sp³-hybridized carbons (Fsp3) is 0. The van der Waals surface area contributed by atoms with Gasteiger partial charge in [-0.15, -0.1) is 0 Å². The maximum Gasteiger partial charge on any atom is 0.707 e. The highest BCUT2D eigenvalue weighted by molar-refractivity contribution is 6.34. The first kappa shape index (κ1) is 10.3. The van der Waals surface area contributed by atoms with Crippen LogP contribution in [-0.4, -0.2) is 22.3 Å². The fourth-order valence-electron chi connectivity index (χ4n) is 0.943. The van der Waals surface area contributed by atoms with E-state index in [0.717, 1.165) is 0 Å². The van der Waals surface area contributed by atoms with Crippen molar-refractivity contribution in [3.05, 3.63) is 28.3 Å². The molecule has 14 heavy (non-hydrogen) atoms. The number of nitro benzene ring substituents is 1. The predicted octanol–water partition coefficient (Wildman–Crippen LogP) is -0.475. The van der Waals surface area contributed by atoms with E-state index < -0.39 is 17.9 Å². The first-order chi connectivity index (χ1) is 6.52. The van der Waals surface area contributed by atoms with E-state index in [4.69, 9.17) is 15.8 Å². The number of rotatable bonds is 3. The quantitative estimate of drug-likeness (QED) is 0.261. The Bertz CT molecular complexity index is 356. The molecule has 0 aliphatic rings. The summed E-state index contributed by atoms with van der Waals surface area (Å²) >= 11 is 0. The molecule has 4 N–H and O–H groups in total. The standard InChI is InChI=1S/C6H7BN2O5/c8-4-2-1-3-5(14-7(10)11)6(4)9(12)13/h1-3,10-11H,8H2. The number of hydrogen-bond acceptors (Lipinski definition) is 6. The summed E-state index contributed by atoms with van der Waals surface area (Å²) in [4.78, 5) is 9.75. The summed E-state index contributed by atoms with van der Waals surface area (Å²) < 4.78 is 4.38. The Kier molecular flexibility index (Phi) is 2.90. The molecule has 7 nitrogen and oxygen atoms in total. The minimum atomic E-state index is -2.12. The molecule has 0 aliphatic heterocycles. The van der Waals surface area contributed by atoms with Crippen molar-refractivity contribution < 1.29 is 19.6 Å². The Balaban J connectivity index is 3.14. The molecule has 0 spiro atoms. The molecule has 0 unspecified atom stereocenters. The van der Waals surface area contributed by atoms with Crippen LogP contribution in [0.4, 0.5) is 11.4 Å². The van der Waals surface area contributed by atoms with Crippen LogP contribution in [-0.2, 0) is 0 Å². The summed E-state index contributed by atoms with van der Waals surface area (Å²) in [5, 5.41) is 27.5. The number of nitro groups is 1. The largest absolute Gasteiger partial charge is 0.707 e. The van der Waals surface area contributed by atoms with E-state index in [1.807, 2.05) is 0 Å².